The van der Waals surface area contributed by atoms with Crippen LogP contribution in [0.2, 0.25) is 0 Å². The van der Waals surface area contributed by atoms with Crippen LogP contribution in [0.1, 0.15) is 44.9 Å². The standard InChI is InChI=1S/C17H21NO2/c1-12(19)15-6-5-11-18-16(15)20-14-9-7-13(8-10-14)17(2,3)4/h5-12,19H,1-4H3/t12-/m1/s1. The molecular weight excluding hydrogens is 250 g/mol. The Morgan fingerprint density at radius 3 is 2.30 bits per heavy atom. The number of benzene rings is 1. The van der Waals surface area contributed by atoms with Crippen molar-refractivity contribution in [3.63, 3.8) is 0 Å². The topological polar surface area (TPSA) is 42.4 Å². The van der Waals surface area contributed by atoms with E-state index in [9.17, 15) is 5.11 Å². The smallest absolute Gasteiger partial charge is 0.225 e. The van der Waals surface area contributed by atoms with Crippen LogP contribution >= 0.6 is 0 Å². The zero-order valence-corrected chi connectivity index (χ0v) is 12.4. The van der Waals surface area contributed by atoms with Gasteiger partial charge in [0.1, 0.15) is 5.75 Å². The molecule has 0 amide bonds. The average Bonchev–Trinajstić information content (AvgIpc) is 2.38. The summed E-state index contributed by atoms with van der Waals surface area (Å²) in [7, 11) is 0. The fourth-order valence-electron chi connectivity index (χ4n) is 1.94. The van der Waals surface area contributed by atoms with Gasteiger partial charge in [-0.3, -0.25) is 0 Å². The Morgan fingerprint density at radius 2 is 1.75 bits per heavy atom. The SMILES string of the molecule is C[C@@H](O)c1cccnc1Oc1ccc(C(C)(C)C)cc1. The fourth-order valence-corrected chi connectivity index (χ4v) is 1.94. The van der Waals surface area contributed by atoms with Crippen molar-refractivity contribution in [3.8, 4) is 11.6 Å². The fraction of sp³-hybridized carbons (Fsp3) is 0.353. The first-order chi connectivity index (χ1) is 9.38. The molecule has 0 aliphatic carbocycles. The van der Waals surface area contributed by atoms with Gasteiger partial charge in [-0.15, -0.1) is 0 Å². The molecule has 0 radical (unpaired) electrons. The molecular formula is C17H21NO2. The minimum Gasteiger partial charge on any atom is -0.439 e. The van der Waals surface area contributed by atoms with Crippen molar-refractivity contribution in [2.24, 2.45) is 0 Å². The Kier molecular flexibility index (Phi) is 4.09. The molecule has 0 spiro atoms. The van der Waals surface area contributed by atoms with Crippen LogP contribution in [-0.2, 0) is 5.41 Å². The summed E-state index contributed by atoms with van der Waals surface area (Å²) in [5.74, 6) is 1.17. The van der Waals surface area contributed by atoms with Crippen LogP contribution in [0.4, 0.5) is 0 Å². The van der Waals surface area contributed by atoms with Crippen LogP contribution in [0.25, 0.3) is 0 Å². The van der Waals surface area contributed by atoms with Gasteiger partial charge >= 0.3 is 0 Å². The van der Waals surface area contributed by atoms with Crippen molar-refractivity contribution < 1.29 is 9.84 Å². The molecule has 3 nitrogen and oxygen atoms in total. The Balaban J connectivity index is 2.23. The zero-order chi connectivity index (χ0) is 14.8. The Morgan fingerprint density at radius 1 is 1.10 bits per heavy atom. The highest BCUT2D eigenvalue weighted by Gasteiger charge is 2.14. The number of hydrogen-bond acceptors (Lipinski definition) is 3. The third-order valence-corrected chi connectivity index (χ3v) is 3.19. The van der Waals surface area contributed by atoms with E-state index in [0.717, 1.165) is 5.75 Å². The second-order valence-corrected chi connectivity index (χ2v) is 5.95. The first kappa shape index (κ1) is 14.5. The summed E-state index contributed by atoms with van der Waals surface area (Å²) < 4.78 is 5.77. The number of hydrogen-bond donors (Lipinski definition) is 1. The molecule has 3 heteroatoms. The van der Waals surface area contributed by atoms with Crippen LogP contribution in [-0.4, -0.2) is 10.1 Å². The molecule has 0 aliphatic heterocycles. The minimum atomic E-state index is -0.604. The summed E-state index contributed by atoms with van der Waals surface area (Å²) in [4.78, 5) is 4.18. The van der Waals surface area contributed by atoms with Gasteiger partial charge in [-0.25, -0.2) is 4.98 Å². The predicted octanol–water partition coefficient (Wildman–Crippen LogP) is 4.22. The molecule has 1 atom stereocenters. The Labute approximate surface area is 120 Å². The molecule has 1 heterocycles. The molecule has 0 saturated heterocycles. The van der Waals surface area contributed by atoms with Crippen molar-refractivity contribution in [1.82, 2.24) is 4.98 Å². The Bertz CT molecular complexity index is 568. The van der Waals surface area contributed by atoms with E-state index in [-0.39, 0.29) is 5.41 Å². The summed E-state index contributed by atoms with van der Waals surface area (Å²) >= 11 is 0. The van der Waals surface area contributed by atoms with Gasteiger partial charge in [-0.1, -0.05) is 32.9 Å². The van der Waals surface area contributed by atoms with Crippen molar-refractivity contribution >= 4 is 0 Å². The summed E-state index contributed by atoms with van der Waals surface area (Å²) in [6.45, 7) is 8.22. The predicted molar refractivity (Wildman–Crippen MR) is 80.1 cm³/mol. The van der Waals surface area contributed by atoms with E-state index in [1.807, 2.05) is 18.2 Å². The summed E-state index contributed by atoms with van der Waals surface area (Å²) in [5.41, 5.74) is 2.06. The lowest BCUT2D eigenvalue weighted by atomic mass is 9.87. The first-order valence-corrected chi connectivity index (χ1v) is 6.79. The van der Waals surface area contributed by atoms with Crippen LogP contribution in [0.5, 0.6) is 11.6 Å². The maximum Gasteiger partial charge on any atom is 0.225 e. The third-order valence-electron chi connectivity index (χ3n) is 3.19. The number of aliphatic hydroxyl groups excluding tert-OH is 1. The molecule has 106 valence electrons. The number of aliphatic hydroxyl groups is 1. The molecule has 20 heavy (non-hydrogen) atoms. The van der Waals surface area contributed by atoms with Crippen LogP contribution in [0.3, 0.4) is 0 Å². The van der Waals surface area contributed by atoms with Crippen molar-refractivity contribution in [2.45, 2.75) is 39.2 Å². The third kappa shape index (κ3) is 3.36. The number of nitrogens with zero attached hydrogens (tertiary/aromatic N) is 1. The highest BCUT2D eigenvalue weighted by Crippen LogP contribution is 2.29. The van der Waals surface area contributed by atoms with Crippen LogP contribution in [0, 0.1) is 0 Å². The van der Waals surface area contributed by atoms with Crippen molar-refractivity contribution in [1.29, 1.82) is 0 Å². The van der Waals surface area contributed by atoms with Crippen molar-refractivity contribution in [3.05, 3.63) is 53.7 Å². The second-order valence-electron chi connectivity index (χ2n) is 5.95. The molecule has 1 aromatic carbocycles. The van der Waals surface area contributed by atoms with Gasteiger partial charge in [-0.2, -0.15) is 0 Å². The van der Waals surface area contributed by atoms with E-state index < -0.39 is 6.10 Å². The normalized spacial score (nSPS) is 13.1. The maximum atomic E-state index is 9.71. The molecule has 1 N–H and O–H groups in total. The molecule has 0 fully saturated rings. The summed E-state index contributed by atoms with van der Waals surface area (Å²) in [5, 5.41) is 9.71. The van der Waals surface area contributed by atoms with E-state index in [1.54, 1.807) is 19.2 Å². The van der Waals surface area contributed by atoms with Gasteiger partial charge in [0.05, 0.1) is 6.10 Å². The van der Waals surface area contributed by atoms with Gasteiger partial charge in [0.25, 0.3) is 0 Å². The molecule has 2 rings (SSSR count). The van der Waals surface area contributed by atoms with Gasteiger partial charge in [0, 0.05) is 11.8 Å². The van der Waals surface area contributed by atoms with E-state index in [2.05, 4.69) is 37.9 Å². The highest BCUT2D eigenvalue weighted by molar-refractivity contribution is 5.36. The van der Waals surface area contributed by atoms with Crippen LogP contribution in [0.15, 0.2) is 42.6 Å². The quantitative estimate of drug-likeness (QED) is 0.908. The van der Waals surface area contributed by atoms with Gasteiger partial charge in [-0.05, 0) is 42.2 Å². The van der Waals surface area contributed by atoms with Gasteiger partial charge in [0.15, 0.2) is 0 Å². The lowest BCUT2D eigenvalue weighted by molar-refractivity contribution is 0.194. The molecule has 0 unspecified atom stereocenters. The molecule has 0 saturated carbocycles. The number of aromatic nitrogens is 1. The molecule has 0 aliphatic rings. The largest absolute Gasteiger partial charge is 0.439 e. The molecule has 0 bridgehead atoms. The number of rotatable bonds is 3. The molecule has 2 aromatic rings. The highest BCUT2D eigenvalue weighted by atomic mass is 16.5. The zero-order valence-electron chi connectivity index (χ0n) is 12.4. The first-order valence-electron chi connectivity index (χ1n) is 6.79. The summed E-state index contributed by atoms with van der Waals surface area (Å²) in [6, 6.07) is 11.6. The van der Waals surface area contributed by atoms with E-state index >= 15 is 0 Å². The lowest BCUT2D eigenvalue weighted by Gasteiger charge is -2.19. The monoisotopic (exact) mass is 271 g/mol. The summed E-state index contributed by atoms with van der Waals surface area (Å²) in [6.07, 6.45) is 1.05. The van der Waals surface area contributed by atoms with Crippen LogP contribution < -0.4 is 4.74 Å². The number of pyridine rings is 1. The minimum absolute atomic E-state index is 0.119. The lowest BCUT2D eigenvalue weighted by Crippen LogP contribution is -2.10. The van der Waals surface area contributed by atoms with Gasteiger partial charge in [0.2, 0.25) is 5.88 Å². The second kappa shape index (κ2) is 5.63. The van der Waals surface area contributed by atoms with Gasteiger partial charge < -0.3 is 9.84 Å². The Hall–Kier alpha value is -1.87. The average molecular weight is 271 g/mol. The van der Waals surface area contributed by atoms with E-state index in [0.29, 0.717) is 11.4 Å². The van der Waals surface area contributed by atoms with Crippen molar-refractivity contribution in [2.75, 3.05) is 0 Å². The molecule has 1 aromatic heterocycles. The number of ether oxygens (including phenoxy) is 1. The maximum absolute atomic E-state index is 9.71. The van der Waals surface area contributed by atoms with E-state index in [1.165, 1.54) is 5.56 Å². The van der Waals surface area contributed by atoms with E-state index in [4.69, 9.17) is 4.74 Å².